The number of ether oxygens (including phenoxy) is 3. The van der Waals surface area contributed by atoms with Gasteiger partial charge >= 0.3 is 0 Å². The zero-order chi connectivity index (χ0) is 12.4. The third-order valence-electron chi connectivity index (χ3n) is 2.60. The topological polar surface area (TPSA) is 44.8 Å². The van der Waals surface area contributed by atoms with Gasteiger partial charge < -0.3 is 14.2 Å². The molecule has 1 aliphatic rings. The molecule has 0 amide bonds. The van der Waals surface area contributed by atoms with Crippen molar-refractivity contribution in [2.75, 3.05) is 6.79 Å². The third kappa shape index (κ3) is 2.00. The molecule has 0 N–H and O–H groups in total. The molecule has 0 fully saturated rings. The Bertz CT molecular complexity index is 575. The Morgan fingerprint density at radius 2 is 1.67 bits per heavy atom. The summed E-state index contributed by atoms with van der Waals surface area (Å²) >= 11 is 0. The van der Waals surface area contributed by atoms with Crippen molar-refractivity contribution < 1.29 is 19.0 Å². The van der Waals surface area contributed by atoms with Gasteiger partial charge in [0.15, 0.2) is 11.5 Å². The average molecular weight is 242 g/mol. The molecule has 0 radical (unpaired) electrons. The van der Waals surface area contributed by atoms with Gasteiger partial charge in [0, 0.05) is 11.6 Å². The highest BCUT2D eigenvalue weighted by atomic mass is 16.7. The van der Waals surface area contributed by atoms with Crippen molar-refractivity contribution in [3.63, 3.8) is 0 Å². The molecule has 4 nitrogen and oxygen atoms in total. The van der Waals surface area contributed by atoms with E-state index in [-0.39, 0.29) is 6.79 Å². The van der Waals surface area contributed by atoms with Crippen molar-refractivity contribution in [2.45, 2.75) is 0 Å². The van der Waals surface area contributed by atoms with Crippen LogP contribution >= 0.6 is 0 Å². The van der Waals surface area contributed by atoms with Crippen molar-refractivity contribution in [1.82, 2.24) is 0 Å². The lowest BCUT2D eigenvalue weighted by Gasteiger charge is -2.06. The van der Waals surface area contributed by atoms with E-state index in [9.17, 15) is 4.79 Å². The molecule has 1 aliphatic heterocycles. The van der Waals surface area contributed by atoms with Crippen molar-refractivity contribution in [1.29, 1.82) is 0 Å². The third-order valence-corrected chi connectivity index (χ3v) is 2.60. The Balaban J connectivity index is 1.81. The summed E-state index contributed by atoms with van der Waals surface area (Å²) in [6.07, 6.45) is 0.796. The minimum Gasteiger partial charge on any atom is -0.457 e. The summed E-state index contributed by atoms with van der Waals surface area (Å²) in [5.41, 5.74) is 0.619. The molecule has 4 heteroatoms. The van der Waals surface area contributed by atoms with Gasteiger partial charge in [0.25, 0.3) is 0 Å². The van der Waals surface area contributed by atoms with Crippen LogP contribution in [-0.2, 0) is 0 Å². The molecular weight excluding hydrogens is 232 g/mol. The second kappa shape index (κ2) is 4.41. The predicted octanol–water partition coefficient (Wildman–Crippen LogP) is 3.02. The van der Waals surface area contributed by atoms with Gasteiger partial charge in [0.05, 0.1) is 0 Å². The van der Waals surface area contributed by atoms with Crippen molar-refractivity contribution in [3.8, 4) is 23.0 Å². The maximum atomic E-state index is 10.5. The molecule has 0 atom stereocenters. The van der Waals surface area contributed by atoms with Crippen LogP contribution in [0.5, 0.6) is 23.0 Å². The van der Waals surface area contributed by atoms with Crippen LogP contribution in [0.1, 0.15) is 10.4 Å². The summed E-state index contributed by atoms with van der Waals surface area (Å²) in [5.74, 6) is 2.73. The van der Waals surface area contributed by atoms with E-state index < -0.39 is 0 Å². The number of carbonyl (C=O) groups excluding carboxylic acids is 1. The minimum atomic E-state index is 0.243. The van der Waals surface area contributed by atoms with Crippen LogP contribution in [0.25, 0.3) is 0 Å². The number of hydrogen-bond acceptors (Lipinski definition) is 4. The van der Waals surface area contributed by atoms with Crippen LogP contribution in [0.3, 0.4) is 0 Å². The molecule has 0 unspecified atom stereocenters. The van der Waals surface area contributed by atoms with Crippen LogP contribution in [0, 0.1) is 0 Å². The molecule has 0 saturated carbocycles. The molecule has 3 rings (SSSR count). The molecule has 90 valence electrons. The molecule has 0 aliphatic carbocycles. The van der Waals surface area contributed by atoms with E-state index in [1.807, 2.05) is 0 Å². The number of benzene rings is 2. The van der Waals surface area contributed by atoms with Gasteiger partial charge in [-0.3, -0.25) is 4.79 Å². The van der Waals surface area contributed by atoms with Gasteiger partial charge in [-0.05, 0) is 36.4 Å². The molecule has 0 saturated heterocycles. The number of carbonyl (C=O) groups is 1. The van der Waals surface area contributed by atoms with Gasteiger partial charge in [0.1, 0.15) is 17.8 Å². The van der Waals surface area contributed by atoms with Gasteiger partial charge in [0.2, 0.25) is 6.79 Å². The average Bonchev–Trinajstić information content (AvgIpc) is 2.87. The Labute approximate surface area is 104 Å². The van der Waals surface area contributed by atoms with Crippen molar-refractivity contribution >= 4 is 6.29 Å². The summed E-state index contributed by atoms with van der Waals surface area (Å²) in [4.78, 5) is 10.5. The SMILES string of the molecule is O=Cc1ccc(Oc2ccc3c(c2)OCO3)cc1. The zero-order valence-corrected chi connectivity index (χ0v) is 9.46. The van der Waals surface area contributed by atoms with E-state index in [0.29, 0.717) is 22.8 Å². The highest BCUT2D eigenvalue weighted by Gasteiger charge is 2.13. The molecule has 2 aromatic carbocycles. The van der Waals surface area contributed by atoms with E-state index in [4.69, 9.17) is 14.2 Å². The summed E-state index contributed by atoms with van der Waals surface area (Å²) in [7, 11) is 0. The Kier molecular flexibility index (Phi) is 2.61. The van der Waals surface area contributed by atoms with E-state index in [1.54, 1.807) is 42.5 Å². The lowest BCUT2D eigenvalue weighted by molar-refractivity contribution is 0.112. The summed E-state index contributed by atoms with van der Waals surface area (Å²) < 4.78 is 16.1. The van der Waals surface area contributed by atoms with E-state index in [0.717, 1.165) is 12.0 Å². The van der Waals surface area contributed by atoms with E-state index in [2.05, 4.69) is 0 Å². The lowest BCUT2D eigenvalue weighted by atomic mass is 10.2. The molecule has 2 aromatic rings. The first-order chi connectivity index (χ1) is 8.85. The highest BCUT2D eigenvalue weighted by Crippen LogP contribution is 2.36. The molecule has 0 bridgehead atoms. The maximum absolute atomic E-state index is 10.5. The molecule has 0 aromatic heterocycles. The maximum Gasteiger partial charge on any atom is 0.231 e. The fourth-order valence-electron chi connectivity index (χ4n) is 1.69. The predicted molar refractivity (Wildman–Crippen MR) is 64.5 cm³/mol. The Hall–Kier alpha value is -2.49. The standard InChI is InChI=1S/C14H10O4/c15-8-10-1-3-11(4-2-10)18-12-5-6-13-14(7-12)17-9-16-13/h1-8H,9H2. The van der Waals surface area contributed by atoms with E-state index in [1.165, 1.54) is 0 Å². The summed E-state index contributed by atoms with van der Waals surface area (Å²) in [6.45, 7) is 0.243. The van der Waals surface area contributed by atoms with Crippen LogP contribution in [0.4, 0.5) is 0 Å². The van der Waals surface area contributed by atoms with E-state index >= 15 is 0 Å². The quantitative estimate of drug-likeness (QED) is 0.776. The molecule has 0 spiro atoms. The smallest absolute Gasteiger partial charge is 0.231 e. The van der Waals surface area contributed by atoms with Crippen LogP contribution in [0.2, 0.25) is 0 Å². The largest absolute Gasteiger partial charge is 0.457 e. The number of rotatable bonds is 3. The minimum absolute atomic E-state index is 0.243. The number of aldehydes is 1. The Morgan fingerprint density at radius 3 is 2.44 bits per heavy atom. The van der Waals surface area contributed by atoms with Crippen LogP contribution in [0.15, 0.2) is 42.5 Å². The van der Waals surface area contributed by atoms with Crippen LogP contribution < -0.4 is 14.2 Å². The highest BCUT2D eigenvalue weighted by molar-refractivity contribution is 5.74. The zero-order valence-electron chi connectivity index (χ0n) is 9.46. The van der Waals surface area contributed by atoms with Gasteiger partial charge in [-0.15, -0.1) is 0 Å². The van der Waals surface area contributed by atoms with Gasteiger partial charge in [-0.2, -0.15) is 0 Å². The van der Waals surface area contributed by atoms with Crippen LogP contribution in [-0.4, -0.2) is 13.1 Å². The second-order valence-electron chi connectivity index (χ2n) is 3.80. The summed E-state index contributed by atoms with van der Waals surface area (Å²) in [5, 5.41) is 0. The monoisotopic (exact) mass is 242 g/mol. The first kappa shape index (κ1) is 10.7. The van der Waals surface area contributed by atoms with Crippen molar-refractivity contribution in [3.05, 3.63) is 48.0 Å². The number of hydrogen-bond donors (Lipinski definition) is 0. The first-order valence-corrected chi connectivity index (χ1v) is 5.48. The number of fused-ring (bicyclic) bond motifs is 1. The molecule has 18 heavy (non-hydrogen) atoms. The normalized spacial score (nSPS) is 12.2. The lowest BCUT2D eigenvalue weighted by Crippen LogP contribution is -1.92. The van der Waals surface area contributed by atoms with Crippen molar-refractivity contribution in [2.24, 2.45) is 0 Å². The summed E-state index contributed by atoms with van der Waals surface area (Å²) in [6, 6.07) is 12.3. The first-order valence-electron chi connectivity index (χ1n) is 5.48. The molecule has 1 heterocycles. The molecular formula is C14H10O4. The fourth-order valence-corrected chi connectivity index (χ4v) is 1.69. The fraction of sp³-hybridized carbons (Fsp3) is 0.0714. The second-order valence-corrected chi connectivity index (χ2v) is 3.80. The van der Waals surface area contributed by atoms with Gasteiger partial charge in [-0.1, -0.05) is 0 Å². The van der Waals surface area contributed by atoms with Gasteiger partial charge in [-0.25, -0.2) is 0 Å². The Morgan fingerprint density at radius 1 is 0.944 bits per heavy atom.